The minimum Gasteiger partial charge on any atom is -0.326 e. The van der Waals surface area contributed by atoms with Gasteiger partial charge >= 0.3 is 0 Å². The SMILES string of the molecule is Cc1ccc([C@H]2[C@H](C(=O)NOCc3ccccc3)C3=CCCC=C3C(=O)N2[C@H]2CCCC[C@@H]2NS(C)(=O)=O)c(C)c1. The third kappa shape index (κ3) is 6.47. The number of carbonyl (C=O) groups excluding carboxylic acids is 2. The third-order valence-electron chi connectivity index (χ3n) is 8.34. The lowest BCUT2D eigenvalue weighted by molar-refractivity contribution is -0.146. The molecule has 3 aliphatic rings. The minimum atomic E-state index is -3.51. The van der Waals surface area contributed by atoms with Crippen LogP contribution in [0, 0.1) is 19.8 Å². The molecule has 1 aliphatic heterocycles. The van der Waals surface area contributed by atoms with E-state index in [4.69, 9.17) is 4.84 Å². The van der Waals surface area contributed by atoms with Crippen molar-refractivity contribution in [1.29, 1.82) is 0 Å². The van der Waals surface area contributed by atoms with Crippen molar-refractivity contribution in [3.05, 3.63) is 94.1 Å². The molecule has 4 atom stereocenters. The van der Waals surface area contributed by atoms with Gasteiger partial charge in [0, 0.05) is 17.7 Å². The van der Waals surface area contributed by atoms with Crippen LogP contribution in [0.3, 0.4) is 0 Å². The van der Waals surface area contributed by atoms with Gasteiger partial charge in [-0.25, -0.2) is 18.6 Å². The molecule has 0 unspecified atom stereocenters. The molecule has 1 heterocycles. The second-order valence-electron chi connectivity index (χ2n) is 11.4. The molecule has 2 amide bonds. The number of sulfonamides is 1. The first-order valence-corrected chi connectivity index (χ1v) is 16.3. The monoisotopic (exact) mass is 577 g/mol. The lowest BCUT2D eigenvalue weighted by atomic mass is 9.72. The zero-order valence-corrected chi connectivity index (χ0v) is 24.7. The topological polar surface area (TPSA) is 105 Å². The van der Waals surface area contributed by atoms with Gasteiger partial charge in [0.05, 0.1) is 24.8 Å². The normalized spacial score (nSPS) is 24.8. The van der Waals surface area contributed by atoms with Gasteiger partial charge in [0.15, 0.2) is 0 Å². The van der Waals surface area contributed by atoms with Crippen LogP contribution < -0.4 is 10.2 Å². The maximum absolute atomic E-state index is 14.4. The van der Waals surface area contributed by atoms with E-state index >= 15 is 0 Å². The van der Waals surface area contributed by atoms with E-state index in [1.807, 2.05) is 73.4 Å². The average Bonchev–Trinajstić information content (AvgIpc) is 2.93. The Morgan fingerprint density at radius 2 is 1.76 bits per heavy atom. The van der Waals surface area contributed by atoms with E-state index in [1.54, 1.807) is 0 Å². The molecule has 2 aromatic carbocycles. The maximum atomic E-state index is 14.4. The molecular formula is C32H39N3O5S. The van der Waals surface area contributed by atoms with Crippen molar-refractivity contribution in [3.8, 4) is 0 Å². The average molecular weight is 578 g/mol. The Bertz CT molecular complexity index is 1470. The van der Waals surface area contributed by atoms with Crippen molar-refractivity contribution in [2.75, 3.05) is 6.26 Å². The highest BCUT2D eigenvalue weighted by molar-refractivity contribution is 7.88. The van der Waals surface area contributed by atoms with Crippen molar-refractivity contribution in [1.82, 2.24) is 15.1 Å². The molecule has 9 heteroatoms. The number of aryl methyl sites for hydroxylation is 2. The molecule has 0 bridgehead atoms. The van der Waals surface area contributed by atoms with Crippen LogP contribution in [-0.2, 0) is 31.1 Å². The van der Waals surface area contributed by atoms with E-state index < -0.39 is 34.1 Å². The molecule has 2 aliphatic carbocycles. The minimum absolute atomic E-state index is 0.151. The second-order valence-corrected chi connectivity index (χ2v) is 13.2. The Morgan fingerprint density at radius 1 is 1.02 bits per heavy atom. The molecular weight excluding hydrogens is 538 g/mol. The number of benzene rings is 2. The highest BCUT2D eigenvalue weighted by Crippen LogP contribution is 2.47. The van der Waals surface area contributed by atoms with Crippen LogP contribution in [0.4, 0.5) is 0 Å². The van der Waals surface area contributed by atoms with Gasteiger partial charge in [-0.3, -0.25) is 14.4 Å². The van der Waals surface area contributed by atoms with Crippen molar-refractivity contribution in [3.63, 3.8) is 0 Å². The van der Waals surface area contributed by atoms with Gasteiger partial charge in [-0.05, 0) is 61.8 Å². The zero-order valence-electron chi connectivity index (χ0n) is 23.9. The molecule has 8 nitrogen and oxygen atoms in total. The first-order chi connectivity index (χ1) is 19.6. The van der Waals surface area contributed by atoms with Gasteiger partial charge in [0.1, 0.15) is 0 Å². The second kappa shape index (κ2) is 12.3. The number of allylic oxidation sites excluding steroid dienone is 2. The fourth-order valence-corrected chi connectivity index (χ4v) is 7.43. The first kappa shape index (κ1) is 29.2. The molecule has 218 valence electrons. The molecule has 41 heavy (non-hydrogen) atoms. The molecule has 0 radical (unpaired) electrons. The van der Waals surface area contributed by atoms with Gasteiger partial charge in [-0.2, -0.15) is 0 Å². The Hall–Kier alpha value is -3.27. The van der Waals surface area contributed by atoms with E-state index in [-0.39, 0.29) is 18.4 Å². The number of carbonyl (C=O) groups is 2. The van der Waals surface area contributed by atoms with Crippen molar-refractivity contribution in [2.24, 2.45) is 5.92 Å². The van der Waals surface area contributed by atoms with E-state index in [0.717, 1.165) is 47.8 Å². The first-order valence-electron chi connectivity index (χ1n) is 14.4. The lowest BCUT2D eigenvalue weighted by Crippen LogP contribution is -2.60. The summed E-state index contributed by atoms with van der Waals surface area (Å²) in [6.45, 7) is 4.22. The largest absolute Gasteiger partial charge is 0.326 e. The van der Waals surface area contributed by atoms with Crippen LogP contribution in [-0.4, -0.2) is 43.5 Å². The summed E-state index contributed by atoms with van der Waals surface area (Å²) in [5, 5.41) is 0. The van der Waals surface area contributed by atoms with Crippen LogP contribution in [0.25, 0.3) is 0 Å². The van der Waals surface area contributed by atoms with E-state index in [1.165, 1.54) is 0 Å². The van der Waals surface area contributed by atoms with Crippen molar-refractivity contribution in [2.45, 2.75) is 77.1 Å². The van der Waals surface area contributed by atoms with Gasteiger partial charge in [0.25, 0.3) is 11.8 Å². The Labute approximate surface area is 242 Å². The predicted molar refractivity (Wildman–Crippen MR) is 158 cm³/mol. The quantitative estimate of drug-likeness (QED) is 0.448. The lowest BCUT2D eigenvalue weighted by Gasteiger charge is -2.50. The van der Waals surface area contributed by atoms with E-state index in [0.29, 0.717) is 30.4 Å². The number of hydrogen-bond acceptors (Lipinski definition) is 5. The van der Waals surface area contributed by atoms with Crippen molar-refractivity contribution < 1.29 is 22.8 Å². The van der Waals surface area contributed by atoms with Crippen LogP contribution in [0.1, 0.15) is 66.8 Å². The number of rotatable bonds is 8. The van der Waals surface area contributed by atoms with Crippen LogP contribution in [0.15, 0.2) is 71.8 Å². The van der Waals surface area contributed by atoms with Crippen molar-refractivity contribution >= 4 is 21.8 Å². The standard InChI is InChI=1S/C32H39N3O5S/c1-21-17-18-24(22(2)19-21)30-29(31(36)33-40-20-23-11-5-4-6-12-23)25-13-7-8-14-26(25)32(37)35(30)28-16-10-9-15-27(28)34-41(3,38)39/h4-6,11-14,17-19,27-30,34H,7-10,15-16,20H2,1-3H3,(H,33,36)/t27-,28-,29+,30-/m0/s1. The number of hydroxylamine groups is 1. The van der Waals surface area contributed by atoms with Gasteiger partial charge < -0.3 is 4.90 Å². The molecule has 5 rings (SSSR count). The number of nitrogens with one attached hydrogen (secondary N) is 2. The van der Waals surface area contributed by atoms with E-state index in [2.05, 4.69) is 16.3 Å². The summed E-state index contributed by atoms with van der Waals surface area (Å²) in [6, 6.07) is 14.2. The predicted octanol–water partition coefficient (Wildman–Crippen LogP) is 4.56. The van der Waals surface area contributed by atoms with Crippen LogP contribution in [0.2, 0.25) is 0 Å². The molecule has 1 saturated carbocycles. The summed E-state index contributed by atoms with van der Waals surface area (Å²) in [4.78, 5) is 36.0. The molecule has 2 aromatic rings. The Kier molecular flexibility index (Phi) is 8.77. The number of fused-ring (bicyclic) bond motifs is 1. The number of hydrogen-bond donors (Lipinski definition) is 2. The Balaban J connectivity index is 1.58. The maximum Gasteiger partial charge on any atom is 0.254 e. The summed E-state index contributed by atoms with van der Waals surface area (Å²) in [5.74, 6) is -1.20. The fraction of sp³-hybridized carbons (Fsp3) is 0.438. The number of amides is 2. The summed E-state index contributed by atoms with van der Waals surface area (Å²) >= 11 is 0. The zero-order chi connectivity index (χ0) is 29.1. The third-order valence-corrected chi connectivity index (χ3v) is 9.07. The highest BCUT2D eigenvalue weighted by atomic mass is 32.2. The number of piperidine rings is 1. The van der Waals surface area contributed by atoms with Crippen LogP contribution >= 0.6 is 0 Å². The van der Waals surface area contributed by atoms with Gasteiger partial charge in [-0.1, -0.05) is 79.1 Å². The molecule has 0 spiro atoms. The Morgan fingerprint density at radius 3 is 2.49 bits per heavy atom. The molecule has 2 fully saturated rings. The van der Waals surface area contributed by atoms with Gasteiger partial charge in [-0.15, -0.1) is 0 Å². The van der Waals surface area contributed by atoms with E-state index in [9.17, 15) is 18.0 Å². The summed E-state index contributed by atoms with van der Waals surface area (Å²) < 4.78 is 27.6. The molecule has 1 saturated heterocycles. The summed E-state index contributed by atoms with van der Waals surface area (Å²) in [5.41, 5.74) is 7.80. The number of nitrogens with zero attached hydrogens (tertiary/aromatic N) is 1. The summed E-state index contributed by atoms with van der Waals surface area (Å²) in [6.07, 6.45) is 9.54. The molecule has 0 aromatic heterocycles. The van der Waals surface area contributed by atoms with Gasteiger partial charge in [0.2, 0.25) is 10.0 Å². The fourth-order valence-electron chi connectivity index (χ4n) is 6.61. The summed E-state index contributed by atoms with van der Waals surface area (Å²) in [7, 11) is -3.51. The van der Waals surface area contributed by atoms with Crippen LogP contribution in [0.5, 0.6) is 0 Å². The number of likely N-dealkylation sites (tertiary alicyclic amines) is 1. The highest BCUT2D eigenvalue weighted by Gasteiger charge is 2.51. The molecule has 2 N–H and O–H groups in total. The smallest absolute Gasteiger partial charge is 0.254 e.